The number of nitrogens with zero attached hydrogens (tertiary/aromatic N) is 5. The predicted molar refractivity (Wildman–Crippen MR) is 230 cm³/mol. The first kappa shape index (κ1) is 42.0. The number of benzene rings is 2. The molecule has 1 atom stereocenters. The molecule has 4 N–H and O–H groups in total. The predicted octanol–water partition coefficient (Wildman–Crippen LogP) is 6.37. The number of aliphatic hydroxyl groups is 1. The number of allylic oxidation sites excluding steroid dienone is 1. The first-order valence-electron chi connectivity index (χ1n) is 20.7. The molecule has 1 aromatic heterocycles. The van der Waals surface area contributed by atoms with Crippen LogP contribution < -0.4 is 16.0 Å². The molecule has 3 aliphatic heterocycles. The van der Waals surface area contributed by atoms with Crippen LogP contribution in [0.25, 0.3) is 10.2 Å². The lowest BCUT2D eigenvalue weighted by Crippen LogP contribution is -2.54. The number of carbonyl (C=O) groups excluding carboxylic acids is 5. The van der Waals surface area contributed by atoms with Crippen LogP contribution in [0.4, 0.5) is 11.4 Å². The summed E-state index contributed by atoms with van der Waals surface area (Å²) < 4.78 is 0.964. The number of aromatic nitrogens is 1. The quantitative estimate of drug-likeness (QED) is 0.0697. The van der Waals surface area contributed by atoms with Crippen LogP contribution in [0.1, 0.15) is 123 Å². The van der Waals surface area contributed by atoms with Crippen molar-refractivity contribution in [2.24, 2.45) is 21.8 Å². The van der Waals surface area contributed by atoms with Gasteiger partial charge >= 0.3 is 0 Å². The molecule has 3 fully saturated rings. The summed E-state index contributed by atoms with van der Waals surface area (Å²) in [7, 11) is 0. The second-order valence-corrected chi connectivity index (χ2v) is 17.8. The Kier molecular flexibility index (Phi) is 12.5. The van der Waals surface area contributed by atoms with Crippen LogP contribution in [-0.4, -0.2) is 94.2 Å². The fraction of sp³-hybridized carbons (Fsp3) is 0.500. The smallest absolute Gasteiger partial charge is 0.273 e. The van der Waals surface area contributed by atoms with Crippen molar-refractivity contribution in [2.75, 3.05) is 36.8 Å². The number of fused-ring (bicyclic) bond motifs is 2. The highest BCUT2D eigenvalue weighted by Gasteiger charge is 2.45. The highest BCUT2D eigenvalue weighted by atomic mass is 32.1. The Morgan fingerprint density at radius 1 is 1.03 bits per heavy atom. The van der Waals surface area contributed by atoms with E-state index < -0.39 is 41.2 Å². The number of hydrogen-bond donors (Lipinski definition) is 4. The fourth-order valence-corrected chi connectivity index (χ4v) is 10.1. The molecular weight excluding hydrogens is 769 g/mol. The number of anilines is 2. The molecule has 14 nitrogen and oxygen atoms in total. The van der Waals surface area contributed by atoms with E-state index >= 15 is 0 Å². The van der Waals surface area contributed by atoms with Crippen LogP contribution in [0.15, 0.2) is 52.1 Å². The van der Waals surface area contributed by atoms with Crippen molar-refractivity contribution in [1.82, 2.24) is 20.1 Å². The summed E-state index contributed by atoms with van der Waals surface area (Å²) in [6.07, 6.45) is 9.47. The van der Waals surface area contributed by atoms with Crippen molar-refractivity contribution < 1.29 is 29.1 Å². The van der Waals surface area contributed by atoms with Gasteiger partial charge in [-0.3, -0.25) is 34.2 Å². The first-order valence-corrected chi connectivity index (χ1v) is 21.5. The summed E-state index contributed by atoms with van der Waals surface area (Å²) in [4.78, 5) is 80.7. The van der Waals surface area contributed by atoms with E-state index in [0.717, 1.165) is 84.7 Å². The molecule has 2 saturated heterocycles. The standard InChI is InChI=1S/C44H54N8O6S/c1-6-31(47-25(2)45-5)39(54)48-33-23-36-34(22-30(33)44(3,4)58)49-41(59-36)28-12-10-27(11-13-28)24-51-20-17-26(18-21-51)16-19-46-32-9-7-8-29-38(32)43(57)52(42(29)56)35-14-15-37(53)50-40(35)55/h6-9,22-23,26-28,35,46,58H,5,10-21,24H2,1-4H3,(H,48,54)(H,50,53,55)/b31-6-,47-25-/t27-,28-,35?. The molecule has 0 radical (unpaired) electrons. The monoisotopic (exact) mass is 822 g/mol. The van der Waals surface area contributed by atoms with Crippen LogP contribution in [0, 0.1) is 11.8 Å². The molecule has 7 rings (SSSR count). The number of amides is 5. The zero-order valence-corrected chi connectivity index (χ0v) is 35.1. The Bertz CT molecular complexity index is 2220. The first-order chi connectivity index (χ1) is 28.2. The van der Waals surface area contributed by atoms with E-state index in [1.165, 1.54) is 0 Å². The van der Waals surface area contributed by atoms with Gasteiger partial charge < -0.3 is 20.6 Å². The Morgan fingerprint density at radius 3 is 2.46 bits per heavy atom. The van der Waals surface area contributed by atoms with Crippen molar-refractivity contribution in [3.63, 3.8) is 0 Å². The van der Waals surface area contributed by atoms with Gasteiger partial charge in [0, 0.05) is 42.4 Å². The molecule has 312 valence electrons. The zero-order chi connectivity index (χ0) is 42.0. The van der Waals surface area contributed by atoms with E-state index in [1.807, 2.05) is 12.1 Å². The van der Waals surface area contributed by atoms with E-state index in [4.69, 9.17) is 4.98 Å². The molecule has 1 unspecified atom stereocenters. The van der Waals surface area contributed by atoms with Crippen molar-refractivity contribution in [2.45, 2.75) is 103 Å². The largest absolute Gasteiger partial charge is 0.386 e. The minimum absolute atomic E-state index is 0.0877. The third kappa shape index (κ3) is 9.22. The second-order valence-electron chi connectivity index (χ2n) is 16.8. The molecule has 1 aliphatic carbocycles. The minimum atomic E-state index is -1.21. The van der Waals surface area contributed by atoms with E-state index in [1.54, 1.807) is 63.3 Å². The van der Waals surface area contributed by atoms with Gasteiger partial charge in [-0.1, -0.05) is 12.1 Å². The van der Waals surface area contributed by atoms with Gasteiger partial charge in [-0.25, -0.2) is 15.0 Å². The van der Waals surface area contributed by atoms with Crippen molar-refractivity contribution >= 4 is 75.0 Å². The average molecular weight is 823 g/mol. The second kappa shape index (κ2) is 17.6. The van der Waals surface area contributed by atoms with E-state index in [-0.39, 0.29) is 24.1 Å². The van der Waals surface area contributed by atoms with Gasteiger partial charge in [0.15, 0.2) is 0 Å². The summed E-state index contributed by atoms with van der Waals surface area (Å²) in [5.74, 6) is -0.418. The van der Waals surface area contributed by atoms with Gasteiger partial charge in [0.1, 0.15) is 17.6 Å². The molecule has 4 heterocycles. The number of nitrogens with one attached hydrogen (secondary N) is 3. The number of rotatable bonds is 12. The SMILES string of the molecule is C=N/C(C)=N\C(=C/C)C(=O)Nc1cc2sc([C@H]3CC[C@H](CN4CCC(CCNc5cccc6c5C(=O)N(C5CCC(=O)NC5=O)C6=O)CC4)CC3)nc2cc1C(C)(C)O. The number of likely N-dealkylation sites (tertiary alicyclic amines) is 1. The number of imide groups is 2. The normalized spacial score (nSPS) is 22.5. The maximum atomic E-state index is 13.4. The van der Waals surface area contributed by atoms with Crippen LogP contribution >= 0.6 is 11.3 Å². The van der Waals surface area contributed by atoms with Gasteiger partial charge in [-0.15, -0.1) is 11.3 Å². The van der Waals surface area contributed by atoms with Crippen molar-refractivity contribution in [3.8, 4) is 0 Å². The number of piperidine rings is 2. The van der Waals surface area contributed by atoms with Gasteiger partial charge in [0.05, 0.1) is 32.0 Å². The molecule has 59 heavy (non-hydrogen) atoms. The molecule has 4 aliphatic rings. The van der Waals surface area contributed by atoms with E-state index in [2.05, 4.69) is 37.6 Å². The molecule has 3 aromatic rings. The summed E-state index contributed by atoms with van der Waals surface area (Å²) in [6, 6.07) is 8.00. The number of thiazole rings is 1. The van der Waals surface area contributed by atoms with Crippen molar-refractivity contribution in [1.29, 1.82) is 0 Å². The Labute approximate surface area is 348 Å². The van der Waals surface area contributed by atoms with Crippen molar-refractivity contribution in [3.05, 3.63) is 63.8 Å². The van der Waals surface area contributed by atoms with Gasteiger partial charge in [0.2, 0.25) is 11.8 Å². The Morgan fingerprint density at radius 2 is 1.78 bits per heavy atom. The average Bonchev–Trinajstić information content (AvgIpc) is 3.74. The maximum absolute atomic E-state index is 13.4. The topological polar surface area (TPSA) is 186 Å². The number of amidine groups is 1. The Hall–Kier alpha value is -5.12. The van der Waals surface area contributed by atoms with Crippen LogP contribution in [0.3, 0.4) is 0 Å². The Balaban J connectivity index is 0.881. The maximum Gasteiger partial charge on any atom is 0.273 e. The van der Waals surface area contributed by atoms with Crippen LogP contribution in [-0.2, 0) is 20.0 Å². The molecular formula is C44H54N8O6S. The molecule has 1 saturated carbocycles. The lowest BCUT2D eigenvalue weighted by molar-refractivity contribution is -0.136. The molecule has 2 aromatic carbocycles. The lowest BCUT2D eigenvalue weighted by atomic mass is 9.81. The summed E-state index contributed by atoms with van der Waals surface area (Å²) in [5.41, 5.74) is 2.13. The number of hydrogen-bond acceptors (Lipinski definition) is 11. The summed E-state index contributed by atoms with van der Waals surface area (Å²) in [6.45, 7) is 14.2. The molecule has 5 amide bonds. The third-order valence-electron chi connectivity index (χ3n) is 12.2. The summed E-state index contributed by atoms with van der Waals surface area (Å²) >= 11 is 1.66. The van der Waals surface area contributed by atoms with E-state index in [0.29, 0.717) is 52.6 Å². The zero-order valence-electron chi connectivity index (χ0n) is 34.3. The number of aliphatic imine (C=N–C) groups is 2. The van der Waals surface area contributed by atoms with Gasteiger partial charge in [-0.2, -0.15) is 0 Å². The molecule has 15 heteroatoms. The third-order valence-corrected chi connectivity index (χ3v) is 13.4. The van der Waals surface area contributed by atoms with Gasteiger partial charge in [-0.05, 0) is 135 Å². The highest BCUT2D eigenvalue weighted by Crippen LogP contribution is 2.42. The van der Waals surface area contributed by atoms with E-state index in [9.17, 15) is 29.1 Å². The molecule has 0 bridgehead atoms. The highest BCUT2D eigenvalue weighted by molar-refractivity contribution is 7.18. The van der Waals surface area contributed by atoms with Crippen LogP contribution in [0.5, 0.6) is 0 Å². The minimum Gasteiger partial charge on any atom is -0.386 e. The van der Waals surface area contributed by atoms with Gasteiger partial charge in [0.25, 0.3) is 17.7 Å². The summed E-state index contributed by atoms with van der Waals surface area (Å²) in [5, 5.41) is 20.8. The number of carbonyl (C=O) groups is 5. The van der Waals surface area contributed by atoms with Crippen LogP contribution in [0.2, 0.25) is 0 Å². The fourth-order valence-electron chi connectivity index (χ4n) is 8.91. The lowest BCUT2D eigenvalue weighted by Gasteiger charge is -2.36. The molecule has 0 spiro atoms.